The molecule has 0 radical (unpaired) electrons. The van der Waals surface area contributed by atoms with Crippen molar-refractivity contribution in [2.45, 2.75) is 50.9 Å². The number of primary sulfonamides is 1. The summed E-state index contributed by atoms with van der Waals surface area (Å²) in [5.74, 6) is -2.05. The van der Waals surface area contributed by atoms with Gasteiger partial charge in [-0.2, -0.15) is 13.2 Å². The molecule has 0 bridgehead atoms. The Morgan fingerprint density at radius 2 is 1.84 bits per heavy atom. The van der Waals surface area contributed by atoms with E-state index in [1.165, 1.54) is 0 Å². The number of alkyl halides is 3. The van der Waals surface area contributed by atoms with Crippen LogP contribution >= 0.6 is 0 Å². The van der Waals surface area contributed by atoms with Crippen LogP contribution in [-0.4, -0.2) is 67.8 Å². The number of carbonyl (C=O) groups is 1. The number of hydrogen-bond donors (Lipinski definition) is 1. The summed E-state index contributed by atoms with van der Waals surface area (Å²) >= 11 is 0. The Kier molecular flexibility index (Phi) is 7.67. The minimum Gasteiger partial charge on any atom is -0.328 e. The SMILES string of the molecule is CC/C(=C\c1ccccc1)C1C[C@H]1N(C(=O)C(F)(F)F)C1CCN(CCS(N)(=O)=O)CC1. The van der Waals surface area contributed by atoms with Gasteiger partial charge in [-0.1, -0.05) is 48.9 Å². The molecule has 1 saturated heterocycles. The summed E-state index contributed by atoms with van der Waals surface area (Å²) < 4.78 is 62.6. The van der Waals surface area contributed by atoms with Gasteiger partial charge in [-0.25, -0.2) is 13.6 Å². The number of nitrogens with two attached hydrogens (primary N) is 1. The third-order valence-corrected chi connectivity index (χ3v) is 7.02. The smallest absolute Gasteiger partial charge is 0.328 e. The molecule has 1 unspecified atom stereocenters. The molecule has 1 amide bonds. The van der Waals surface area contributed by atoms with E-state index in [0.29, 0.717) is 38.8 Å². The van der Waals surface area contributed by atoms with E-state index in [4.69, 9.17) is 5.14 Å². The molecule has 1 saturated carbocycles. The van der Waals surface area contributed by atoms with Crippen LogP contribution in [0.5, 0.6) is 0 Å². The first-order chi connectivity index (χ1) is 15.0. The standard InChI is InChI=1S/C22H30F3N3O3S/c1-2-17(14-16-6-4-3-5-7-16)19-15-20(19)28(21(29)22(23,24)25)18-8-10-27(11-9-18)12-13-32(26,30)31/h3-7,14,18-20H,2,8-13,15H2,1H3,(H2,26,30,31)/b17-14+/t19?,20-/m1/s1. The van der Waals surface area contributed by atoms with Gasteiger partial charge >= 0.3 is 12.1 Å². The quantitative estimate of drug-likeness (QED) is 0.629. The lowest BCUT2D eigenvalue weighted by Crippen LogP contribution is -2.53. The van der Waals surface area contributed by atoms with Crippen LogP contribution in [0.1, 0.15) is 38.2 Å². The van der Waals surface area contributed by atoms with Crippen molar-refractivity contribution in [1.82, 2.24) is 9.80 Å². The van der Waals surface area contributed by atoms with Gasteiger partial charge in [0.25, 0.3) is 0 Å². The maximum Gasteiger partial charge on any atom is 0.471 e. The zero-order chi connectivity index (χ0) is 23.5. The van der Waals surface area contributed by atoms with E-state index in [1.54, 1.807) is 0 Å². The molecule has 1 aliphatic heterocycles. The number of likely N-dealkylation sites (tertiary alicyclic amines) is 1. The van der Waals surface area contributed by atoms with E-state index < -0.39 is 34.2 Å². The lowest BCUT2D eigenvalue weighted by Gasteiger charge is -2.39. The number of hydrogen-bond acceptors (Lipinski definition) is 4. The van der Waals surface area contributed by atoms with Crippen LogP contribution in [0.2, 0.25) is 0 Å². The largest absolute Gasteiger partial charge is 0.471 e. The maximum absolute atomic E-state index is 13.4. The summed E-state index contributed by atoms with van der Waals surface area (Å²) in [6, 6.07) is 8.65. The van der Waals surface area contributed by atoms with Gasteiger partial charge in [-0.05, 0) is 31.2 Å². The van der Waals surface area contributed by atoms with Crippen LogP contribution in [0, 0.1) is 5.92 Å². The summed E-state index contributed by atoms with van der Waals surface area (Å²) in [4.78, 5) is 15.3. The highest BCUT2D eigenvalue weighted by Gasteiger charge is 2.54. The molecule has 178 valence electrons. The average molecular weight is 474 g/mol. The van der Waals surface area contributed by atoms with Crippen molar-refractivity contribution in [3.63, 3.8) is 0 Å². The molecule has 2 N–H and O–H groups in total. The Bertz CT molecular complexity index is 927. The van der Waals surface area contributed by atoms with Gasteiger partial charge in [0.1, 0.15) is 0 Å². The topological polar surface area (TPSA) is 83.7 Å². The lowest BCUT2D eigenvalue weighted by atomic mass is 10.0. The van der Waals surface area contributed by atoms with Gasteiger partial charge in [0.15, 0.2) is 0 Å². The van der Waals surface area contributed by atoms with Crippen LogP contribution in [0.25, 0.3) is 6.08 Å². The van der Waals surface area contributed by atoms with Gasteiger partial charge < -0.3 is 9.80 Å². The zero-order valence-electron chi connectivity index (χ0n) is 18.1. The van der Waals surface area contributed by atoms with E-state index in [1.807, 2.05) is 48.2 Å². The van der Waals surface area contributed by atoms with Crippen molar-refractivity contribution in [2.75, 3.05) is 25.4 Å². The predicted octanol–water partition coefficient (Wildman–Crippen LogP) is 3.01. The van der Waals surface area contributed by atoms with E-state index in [2.05, 4.69) is 0 Å². The normalized spacial score (nSPS) is 23.2. The highest BCUT2D eigenvalue weighted by molar-refractivity contribution is 7.89. The van der Waals surface area contributed by atoms with Crippen LogP contribution in [-0.2, 0) is 14.8 Å². The highest BCUT2D eigenvalue weighted by atomic mass is 32.2. The average Bonchev–Trinajstić information content (AvgIpc) is 3.51. The number of nitrogens with zero attached hydrogens (tertiary/aromatic N) is 2. The first-order valence-corrected chi connectivity index (χ1v) is 12.6. The molecule has 1 heterocycles. The molecule has 32 heavy (non-hydrogen) atoms. The second-order valence-electron chi connectivity index (χ2n) is 8.54. The molecule has 1 aromatic rings. The van der Waals surface area contributed by atoms with E-state index in [0.717, 1.165) is 16.0 Å². The molecule has 6 nitrogen and oxygen atoms in total. The van der Waals surface area contributed by atoms with Crippen LogP contribution < -0.4 is 5.14 Å². The summed E-state index contributed by atoms with van der Waals surface area (Å²) in [6.45, 7) is 3.08. The molecule has 2 aliphatic rings. The Balaban J connectivity index is 1.71. The molecule has 2 atom stereocenters. The Labute approximate surface area is 187 Å². The fourth-order valence-corrected chi connectivity index (χ4v) is 5.05. The summed E-state index contributed by atoms with van der Waals surface area (Å²) in [5.41, 5.74) is 2.04. The molecular formula is C22H30F3N3O3S. The number of amides is 1. The summed E-state index contributed by atoms with van der Waals surface area (Å²) in [7, 11) is -3.60. The molecule has 1 aliphatic carbocycles. The number of rotatable bonds is 8. The number of benzene rings is 1. The fraction of sp³-hybridized carbons (Fsp3) is 0.591. The van der Waals surface area contributed by atoms with Gasteiger partial charge in [-0.3, -0.25) is 4.79 Å². The van der Waals surface area contributed by atoms with Crippen molar-refractivity contribution in [2.24, 2.45) is 11.1 Å². The van der Waals surface area contributed by atoms with Crippen LogP contribution in [0.3, 0.4) is 0 Å². The first kappa shape index (κ1) is 24.7. The third kappa shape index (κ3) is 6.55. The minimum absolute atomic E-state index is 0.0769. The molecule has 0 spiro atoms. The summed E-state index contributed by atoms with van der Waals surface area (Å²) in [5, 5.41) is 5.04. The molecular weight excluding hydrogens is 443 g/mol. The number of piperidine rings is 1. The van der Waals surface area contributed by atoms with Crippen molar-refractivity contribution in [3.05, 3.63) is 41.5 Å². The summed E-state index contributed by atoms with van der Waals surface area (Å²) in [6.07, 6.45) is -0.931. The van der Waals surface area contributed by atoms with Crippen LogP contribution in [0.15, 0.2) is 35.9 Å². The van der Waals surface area contributed by atoms with Gasteiger partial charge in [0.2, 0.25) is 10.0 Å². The van der Waals surface area contributed by atoms with Crippen molar-refractivity contribution in [3.8, 4) is 0 Å². The first-order valence-electron chi connectivity index (χ1n) is 10.9. The number of sulfonamides is 1. The minimum atomic E-state index is -4.92. The van der Waals surface area contributed by atoms with Crippen molar-refractivity contribution < 1.29 is 26.4 Å². The predicted molar refractivity (Wildman–Crippen MR) is 117 cm³/mol. The van der Waals surface area contributed by atoms with E-state index in [9.17, 15) is 26.4 Å². The second kappa shape index (κ2) is 9.93. The Hall–Kier alpha value is -1.91. The third-order valence-electron chi connectivity index (χ3n) is 6.27. The monoisotopic (exact) mass is 473 g/mol. The van der Waals surface area contributed by atoms with Gasteiger partial charge in [0, 0.05) is 37.6 Å². The van der Waals surface area contributed by atoms with Crippen LogP contribution in [0.4, 0.5) is 13.2 Å². The second-order valence-corrected chi connectivity index (χ2v) is 10.3. The Morgan fingerprint density at radius 3 is 2.38 bits per heavy atom. The number of halogens is 3. The van der Waals surface area contributed by atoms with Crippen molar-refractivity contribution in [1.29, 1.82) is 0 Å². The molecule has 2 fully saturated rings. The van der Waals surface area contributed by atoms with E-state index in [-0.39, 0.29) is 18.2 Å². The molecule has 0 aromatic heterocycles. The maximum atomic E-state index is 13.4. The molecule has 10 heteroatoms. The van der Waals surface area contributed by atoms with Gasteiger partial charge in [-0.15, -0.1) is 0 Å². The van der Waals surface area contributed by atoms with Crippen molar-refractivity contribution >= 4 is 22.0 Å². The Morgan fingerprint density at radius 1 is 1.22 bits per heavy atom. The van der Waals surface area contributed by atoms with E-state index >= 15 is 0 Å². The van der Waals surface area contributed by atoms with Gasteiger partial charge in [0.05, 0.1) is 5.75 Å². The zero-order valence-corrected chi connectivity index (χ0v) is 18.9. The molecule has 1 aromatic carbocycles. The number of carbonyl (C=O) groups excluding carboxylic acids is 1. The highest BCUT2D eigenvalue weighted by Crippen LogP contribution is 2.46. The lowest BCUT2D eigenvalue weighted by molar-refractivity contribution is -0.189. The molecule has 3 rings (SSSR count). The fourth-order valence-electron chi connectivity index (χ4n) is 4.53.